The van der Waals surface area contributed by atoms with E-state index < -0.39 is 5.97 Å². The van der Waals surface area contributed by atoms with Crippen molar-refractivity contribution in [3.05, 3.63) is 93.0 Å². The minimum Gasteiger partial charge on any atom is -0.489 e. The number of hydrogen-bond donors (Lipinski definition) is 0. The molecule has 0 saturated heterocycles. The minimum atomic E-state index is -0.654. The molecule has 166 valence electrons. The molecule has 9 heteroatoms. The first-order valence-electron chi connectivity index (χ1n) is 10.4. The van der Waals surface area contributed by atoms with Crippen LogP contribution < -0.4 is 10.3 Å². The molecule has 0 aliphatic rings. The maximum atomic E-state index is 12.9. The average molecular weight is 461 g/mol. The van der Waals surface area contributed by atoms with Crippen molar-refractivity contribution in [3.63, 3.8) is 0 Å². The maximum Gasteiger partial charge on any atom is 0.375 e. The Morgan fingerprint density at radius 2 is 1.88 bits per heavy atom. The number of carbonyl (C=O) groups excluding carboxylic acids is 1. The van der Waals surface area contributed by atoms with Crippen molar-refractivity contribution in [2.24, 2.45) is 0 Å². The van der Waals surface area contributed by atoms with Gasteiger partial charge in [0.2, 0.25) is 10.7 Å². The van der Waals surface area contributed by atoms with Crippen LogP contribution in [0.2, 0.25) is 0 Å². The second kappa shape index (κ2) is 8.87. The van der Waals surface area contributed by atoms with Crippen molar-refractivity contribution in [3.8, 4) is 5.75 Å². The number of fused-ring (bicyclic) bond motifs is 2. The van der Waals surface area contributed by atoms with Gasteiger partial charge in [-0.15, -0.1) is 0 Å². The lowest BCUT2D eigenvalue weighted by Crippen LogP contribution is -2.17. The maximum absolute atomic E-state index is 12.9. The van der Waals surface area contributed by atoms with E-state index >= 15 is 0 Å². The Morgan fingerprint density at radius 1 is 1.09 bits per heavy atom. The summed E-state index contributed by atoms with van der Waals surface area (Å²) in [4.78, 5) is 30.1. The number of nitrogens with zero attached hydrogens (tertiary/aromatic N) is 3. The fourth-order valence-electron chi connectivity index (χ4n) is 3.40. The van der Waals surface area contributed by atoms with Gasteiger partial charge in [0.05, 0.1) is 11.3 Å². The predicted octanol–water partition coefficient (Wildman–Crippen LogP) is 4.40. The summed E-state index contributed by atoms with van der Waals surface area (Å²) in [7, 11) is 0. The van der Waals surface area contributed by atoms with Gasteiger partial charge in [0, 0.05) is 11.5 Å². The van der Waals surface area contributed by atoms with E-state index in [1.54, 1.807) is 6.07 Å². The zero-order valence-corrected chi connectivity index (χ0v) is 18.5. The molecule has 3 aromatic heterocycles. The van der Waals surface area contributed by atoms with E-state index in [1.807, 2.05) is 55.5 Å². The van der Waals surface area contributed by atoms with E-state index in [1.165, 1.54) is 21.9 Å². The standard InChI is InChI=1S/C24H19N3O5S/c1-2-20-26-27-21(28)12-15(25-24(27)33-20)13-31-23(29)22-18(14-30-16-8-4-3-5-9-16)17-10-6-7-11-19(17)32-22/h3-12H,2,13-14H2,1H3. The van der Waals surface area contributed by atoms with Gasteiger partial charge in [-0.25, -0.2) is 9.78 Å². The topological polar surface area (TPSA) is 95.9 Å². The van der Waals surface area contributed by atoms with Gasteiger partial charge >= 0.3 is 5.97 Å². The first-order chi connectivity index (χ1) is 16.1. The van der Waals surface area contributed by atoms with Crippen molar-refractivity contribution in [2.45, 2.75) is 26.6 Å². The molecule has 33 heavy (non-hydrogen) atoms. The monoisotopic (exact) mass is 461 g/mol. The van der Waals surface area contributed by atoms with Gasteiger partial charge < -0.3 is 13.9 Å². The summed E-state index contributed by atoms with van der Waals surface area (Å²) in [5, 5.41) is 5.80. The molecular formula is C24H19N3O5S. The summed E-state index contributed by atoms with van der Waals surface area (Å²) in [6.07, 6.45) is 0.706. The molecule has 5 aromatic rings. The number of esters is 1. The van der Waals surface area contributed by atoms with Crippen LogP contribution in [-0.4, -0.2) is 20.6 Å². The molecule has 0 fully saturated rings. The molecule has 0 N–H and O–H groups in total. The minimum absolute atomic E-state index is 0.0657. The second-order valence-corrected chi connectivity index (χ2v) is 8.25. The molecule has 2 aromatic carbocycles. The zero-order chi connectivity index (χ0) is 22.8. The largest absolute Gasteiger partial charge is 0.489 e. The Labute approximate surface area is 192 Å². The number of furan rings is 1. The number of para-hydroxylation sites is 2. The van der Waals surface area contributed by atoms with Crippen LogP contribution in [0.25, 0.3) is 15.9 Å². The molecule has 0 unspecified atom stereocenters. The third kappa shape index (κ3) is 4.22. The quantitative estimate of drug-likeness (QED) is 0.332. The molecule has 0 radical (unpaired) electrons. The summed E-state index contributed by atoms with van der Waals surface area (Å²) in [5.41, 5.74) is 1.18. The Morgan fingerprint density at radius 3 is 2.70 bits per heavy atom. The summed E-state index contributed by atoms with van der Waals surface area (Å²) in [6, 6.07) is 18.0. The average Bonchev–Trinajstić information content (AvgIpc) is 3.43. The van der Waals surface area contributed by atoms with E-state index in [-0.39, 0.29) is 24.5 Å². The summed E-state index contributed by atoms with van der Waals surface area (Å²) < 4.78 is 18.4. The van der Waals surface area contributed by atoms with Crippen molar-refractivity contribution in [1.29, 1.82) is 0 Å². The van der Waals surface area contributed by atoms with Crippen LogP contribution in [0.5, 0.6) is 5.75 Å². The van der Waals surface area contributed by atoms with Crippen molar-refractivity contribution < 1.29 is 18.7 Å². The Kier molecular flexibility index (Phi) is 5.62. The number of ether oxygens (including phenoxy) is 2. The van der Waals surface area contributed by atoms with E-state index in [4.69, 9.17) is 13.9 Å². The van der Waals surface area contributed by atoms with Gasteiger partial charge in [-0.05, 0) is 24.6 Å². The van der Waals surface area contributed by atoms with Crippen molar-refractivity contribution in [2.75, 3.05) is 0 Å². The van der Waals surface area contributed by atoms with E-state index in [0.29, 0.717) is 34.0 Å². The molecular weight excluding hydrogens is 442 g/mol. The van der Waals surface area contributed by atoms with Crippen LogP contribution in [0, 0.1) is 0 Å². The number of rotatable bonds is 7. The third-order valence-electron chi connectivity index (χ3n) is 5.00. The molecule has 0 atom stereocenters. The number of benzene rings is 2. The van der Waals surface area contributed by atoms with Crippen molar-refractivity contribution >= 4 is 33.2 Å². The smallest absolute Gasteiger partial charge is 0.375 e. The first-order valence-corrected chi connectivity index (χ1v) is 11.2. The molecule has 0 amide bonds. The van der Waals surface area contributed by atoms with E-state index in [9.17, 15) is 9.59 Å². The fourth-order valence-corrected chi connectivity index (χ4v) is 4.25. The summed E-state index contributed by atoms with van der Waals surface area (Å²) >= 11 is 1.33. The molecule has 5 rings (SSSR count). The molecule has 0 aliphatic heterocycles. The molecule has 0 aliphatic carbocycles. The van der Waals surface area contributed by atoms with Crippen LogP contribution in [0.15, 0.2) is 69.9 Å². The van der Waals surface area contributed by atoms with Crippen LogP contribution in [0.3, 0.4) is 0 Å². The molecule has 3 heterocycles. The summed E-state index contributed by atoms with van der Waals surface area (Å²) in [6.45, 7) is 1.93. The van der Waals surface area contributed by atoms with E-state index in [0.717, 1.165) is 10.4 Å². The molecule has 0 bridgehead atoms. The van der Waals surface area contributed by atoms with Gasteiger partial charge in [-0.2, -0.15) is 9.61 Å². The van der Waals surface area contributed by atoms with Gasteiger partial charge in [0.25, 0.3) is 5.56 Å². The first kappa shape index (κ1) is 20.9. The number of carbonyl (C=O) groups is 1. The van der Waals surface area contributed by atoms with Crippen LogP contribution in [-0.2, 0) is 24.4 Å². The third-order valence-corrected chi connectivity index (χ3v) is 6.06. The highest BCUT2D eigenvalue weighted by Crippen LogP contribution is 2.28. The van der Waals surface area contributed by atoms with Gasteiger partial charge in [-0.1, -0.05) is 54.7 Å². The molecule has 8 nitrogen and oxygen atoms in total. The number of hydrogen-bond acceptors (Lipinski definition) is 8. The normalized spacial score (nSPS) is 11.2. The fraction of sp³-hybridized carbons (Fsp3) is 0.167. The number of aromatic nitrogens is 3. The molecule has 0 spiro atoms. The lowest BCUT2D eigenvalue weighted by molar-refractivity contribution is 0.0430. The number of aryl methyl sites for hydroxylation is 1. The molecule has 0 saturated carbocycles. The highest BCUT2D eigenvalue weighted by Gasteiger charge is 2.23. The van der Waals surface area contributed by atoms with Gasteiger partial charge in [-0.3, -0.25) is 4.79 Å². The Balaban J connectivity index is 1.39. The van der Waals surface area contributed by atoms with Crippen LogP contribution in [0.1, 0.15) is 33.7 Å². The lowest BCUT2D eigenvalue weighted by atomic mass is 10.1. The highest BCUT2D eigenvalue weighted by atomic mass is 32.1. The van der Waals surface area contributed by atoms with Gasteiger partial charge in [0.15, 0.2) is 0 Å². The van der Waals surface area contributed by atoms with Gasteiger partial charge in [0.1, 0.15) is 29.6 Å². The second-order valence-electron chi connectivity index (χ2n) is 7.21. The van der Waals surface area contributed by atoms with E-state index in [2.05, 4.69) is 10.1 Å². The zero-order valence-electron chi connectivity index (χ0n) is 17.7. The lowest BCUT2D eigenvalue weighted by Gasteiger charge is -2.07. The Hall–Kier alpha value is -3.98. The predicted molar refractivity (Wildman–Crippen MR) is 123 cm³/mol. The van der Waals surface area contributed by atoms with Crippen molar-refractivity contribution in [1.82, 2.24) is 14.6 Å². The highest BCUT2D eigenvalue weighted by molar-refractivity contribution is 7.16. The Bertz CT molecular complexity index is 1500. The van der Waals surface area contributed by atoms with Crippen LogP contribution >= 0.6 is 11.3 Å². The summed E-state index contributed by atoms with van der Waals surface area (Å²) in [5.74, 6) is 0.0884. The SMILES string of the molecule is CCc1nn2c(=O)cc(COC(=O)c3oc4ccccc4c3COc3ccccc3)nc2s1. The van der Waals surface area contributed by atoms with Crippen LogP contribution in [0.4, 0.5) is 0 Å².